The molecule has 1 amide bonds. The summed E-state index contributed by atoms with van der Waals surface area (Å²) in [5, 5.41) is 6.60. The van der Waals surface area contributed by atoms with Gasteiger partial charge < -0.3 is 20.1 Å². The normalized spacial score (nSPS) is 18.8. The molecule has 0 aliphatic carbocycles. The van der Waals surface area contributed by atoms with E-state index >= 15 is 0 Å². The van der Waals surface area contributed by atoms with Gasteiger partial charge in [0.15, 0.2) is 11.5 Å². The van der Waals surface area contributed by atoms with Crippen LogP contribution in [0.3, 0.4) is 0 Å². The topological polar surface area (TPSA) is 59.6 Å². The van der Waals surface area contributed by atoms with Gasteiger partial charge in [-0.05, 0) is 61.9 Å². The zero-order valence-corrected chi connectivity index (χ0v) is 15.3. The van der Waals surface area contributed by atoms with E-state index in [-0.39, 0.29) is 11.9 Å². The Balaban J connectivity index is 1.59. The SMILES string of the molecule is CC(C)C(NC(=O)CCC1CCNCC1)c1ccc2c(c1)OCCO2. The van der Waals surface area contributed by atoms with Crippen molar-refractivity contribution in [1.29, 1.82) is 0 Å². The summed E-state index contributed by atoms with van der Waals surface area (Å²) in [6, 6.07) is 5.98. The van der Waals surface area contributed by atoms with Gasteiger partial charge in [-0.3, -0.25) is 4.79 Å². The van der Waals surface area contributed by atoms with E-state index in [2.05, 4.69) is 24.5 Å². The molecule has 138 valence electrons. The van der Waals surface area contributed by atoms with Crippen molar-refractivity contribution in [3.8, 4) is 11.5 Å². The molecule has 1 aromatic carbocycles. The van der Waals surface area contributed by atoms with Gasteiger partial charge in [-0.15, -0.1) is 0 Å². The number of benzene rings is 1. The van der Waals surface area contributed by atoms with Crippen LogP contribution in [0.15, 0.2) is 18.2 Å². The van der Waals surface area contributed by atoms with Crippen molar-refractivity contribution in [1.82, 2.24) is 10.6 Å². The first kappa shape index (κ1) is 18.1. The van der Waals surface area contributed by atoms with Crippen molar-refractivity contribution >= 4 is 5.91 Å². The van der Waals surface area contributed by atoms with Crippen LogP contribution >= 0.6 is 0 Å². The molecule has 1 unspecified atom stereocenters. The highest BCUT2D eigenvalue weighted by Crippen LogP contribution is 2.34. The number of piperidine rings is 1. The highest BCUT2D eigenvalue weighted by molar-refractivity contribution is 5.76. The van der Waals surface area contributed by atoms with Gasteiger partial charge in [0.2, 0.25) is 5.91 Å². The van der Waals surface area contributed by atoms with E-state index in [4.69, 9.17) is 9.47 Å². The maximum atomic E-state index is 12.5. The maximum absolute atomic E-state index is 12.5. The predicted octanol–water partition coefficient (Wildman–Crippen LogP) is 3.05. The molecule has 0 saturated carbocycles. The predicted molar refractivity (Wildman–Crippen MR) is 98.0 cm³/mol. The molecule has 25 heavy (non-hydrogen) atoms. The van der Waals surface area contributed by atoms with Gasteiger partial charge in [-0.2, -0.15) is 0 Å². The van der Waals surface area contributed by atoms with Crippen molar-refractivity contribution in [2.45, 2.75) is 45.6 Å². The first-order valence-corrected chi connectivity index (χ1v) is 9.53. The van der Waals surface area contributed by atoms with Gasteiger partial charge in [-0.25, -0.2) is 0 Å². The third kappa shape index (κ3) is 4.88. The van der Waals surface area contributed by atoms with E-state index in [1.54, 1.807) is 0 Å². The Kier molecular flexibility index (Phi) is 6.19. The lowest BCUT2D eigenvalue weighted by Gasteiger charge is -2.26. The number of nitrogens with one attached hydrogen (secondary N) is 2. The minimum Gasteiger partial charge on any atom is -0.486 e. The first-order chi connectivity index (χ1) is 12.1. The molecule has 0 spiro atoms. The number of ether oxygens (including phenoxy) is 2. The fraction of sp³-hybridized carbons (Fsp3) is 0.650. The molecule has 1 aromatic rings. The van der Waals surface area contributed by atoms with Crippen molar-refractivity contribution < 1.29 is 14.3 Å². The molecule has 5 nitrogen and oxygen atoms in total. The lowest BCUT2D eigenvalue weighted by Crippen LogP contribution is -2.33. The average molecular weight is 346 g/mol. The van der Waals surface area contributed by atoms with E-state index in [1.807, 2.05) is 18.2 Å². The van der Waals surface area contributed by atoms with Crippen LogP contribution in [-0.2, 0) is 4.79 Å². The number of hydrogen-bond donors (Lipinski definition) is 2. The molecule has 2 aliphatic heterocycles. The molecule has 2 aliphatic rings. The molecule has 2 heterocycles. The van der Waals surface area contributed by atoms with Gasteiger partial charge in [-0.1, -0.05) is 19.9 Å². The second kappa shape index (κ2) is 8.56. The molecule has 3 rings (SSSR count). The van der Waals surface area contributed by atoms with Gasteiger partial charge in [0, 0.05) is 6.42 Å². The molecule has 1 saturated heterocycles. The van der Waals surface area contributed by atoms with E-state index in [0.29, 0.717) is 31.5 Å². The molecular weight excluding hydrogens is 316 g/mol. The summed E-state index contributed by atoms with van der Waals surface area (Å²) < 4.78 is 11.3. The Hall–Kier alpha value is -1.75. The van der Waals surface area contributed by atoms with Crippen LogP contribution in [0.25, 0.3) is 0 Å². The van der Waals surface area contributed by atoms with E-state index in [9.17, 15) is 4.79 Å². The second-order valence-corrected chi connectivity index (χ2v) is 7.42. The summed E-state index contributed by atoms with van der Waals surface area (Å²) in [6.07, 6.45) is 3.96. The second-order valence-electron chi connectivity index (χ2n) is 7.42. The van der Waals surface area contributed by atoms with Crippen molar-refractivity contribution in [3.63, 3.8) is 0 Å². The summed E-state index contributed by atoms with van der Waals surface area (Å²) in [4.78, 5) is 12.5. The molecule has 5 heteroatoms. The Labute approximate surface area is 150 Å². The van der Waals surface area contributed by atoms with Gasteiger partial charge >= 0.3 is 0 Å². The van der Waals surface area contributed by atoms with E-state index in [1.165, 1.54) is 12.8 Å². The van der Waals surface area contributed by atoms with Crippen molar-refractivity contribution in [3.05, 3.63) is 23.8 Å². The molecule has 1 fully saturated rings. The third-order valence-electron chi connectivity index (χ3n) is 5.15. The van der Waals surface area contributed by atoms with Crippen LogP contribution in [0.4, 0.5) is 0 Å². The Morgan fingerprint density at radius 1 is 1.20 bits per heavy atom. The smallest absolute Gasteiger partial charge is 0.220 e. The highest BCUT2D eigenvalue weighted by Gasteiger charge is 2.22. The van der Waals surface area contributed by atoms with Crippen molar-refractivity contribution in [2.75, 3.05) is 26.3 Å². The lowest BCUT2D eigenvalue weighted by atomic mass is 9.92. The van der Waals surface area contributed by atoms with E-state index in [0.717, 1.165) is 36.6 Å². The third-order valence-corrected chi connectivity index (χ3v) is 5.15. The standard InChI is InChI=1S/C20H30N2O3/c1-14(2)20(16-4-5-17-18(13-16)25-12-11-24-17)22-19(23)6-3-15-7-9-21-10-8-15/h4-5,13-15,20-21H,3,6-12H2,1-2H3,(H,22,23). The number of amides is 1. The largest absolute Gasteiger partial charge is 0.486 e. The Morgan fingerprint density at radius 2 is 1.92 bits per heavy atom. The maximum Gasteiger partial charge on any atom is 0.220 e. The summed E-state index contributed by atoms with van der Waals surface area (Å²) in [5.74, 6) is 2.70. The number of fused-ring (bicyclic) bond motifs is 1. The van der Waals surface area contributed by atoms with Gasteiger partial charge in [0.05, 0.1) is 6.04 Å². The van der Waals surface area contributed by atoms with Crippen LogP contribution in [0.2, 0.25) is 0 Å². The minimum atomic E-state index is -0.00338. The monoisotopic (exact) mass is 346 g/mol. The van der Waals surface area contributed by atoms with Gasteiger partial charge in [0.25, 0.3) is 0 Å². The fourth-order valence-electron chi connectivity index (χ4n) is 3.64. The number of carbonyl (C=O) groups excluding carboxylic acids is 1. The Morgan fingerprint density at radius 3 is 2.64 bits per heavy atom. The molecule has 0 radical (unpaired) electrons. The number of hydrogen-bond acceptors (Lipinski definition) is 4. The minimum absolute atomic E-state index is 0.00338. The van der Waals surface area contributed by atoms with Crippen LogP contribution in [-0.4, -0.2) is 32.2 Å². The van der Waals surface area contributed by atoms with Crippen molar-refractivity contribution in [2.24, 2.45) is 11.8 Å². The van der Waals surface area contributed by atoms with E-state index < -0.39 is 0 Å². The van der Waals surface area contributed by atoms with Crippen LogP contribution in [0, 0.1) is 11.8 Å². The Bertz CT molecular complexity index is 582. The quantitative estimate of drug-likeness (QED) is 0.831. The van der Waals surface area contributed by atoms with Gasteiger partial charge in [0.1, 0.15) is 13.2 Å². The number of carbonyl (C=O) groups is 1. The summed E-state index contributed by atoms with van der Waals surface area (Å²) in [5.41, 5.74) is 1.08. The molecule has 0 aromatic heterocycles. The molecule has 0 bridgehead atoms. The first-order valence-electron chi connectivity index (χ1n) is 9.53. The molecule has 2 N–H and O–H groups in total. The summed E-state index contributed by atoms with van der Waals surface area (Å²) >= 11 is 0. The number of rotatable bonds is 6. The van der Waals surface area contributed by atoms with Crippen LogP contribution in [0.5, 0.6) is 11.5 Å². The zero-order chi connectivity index (χ0) is 17.6. The average Bonchev–Trinajstić information content (AvgIpc) is 2.64. The lowest BCUT2D eigenvalue weighted by molar-refractivity contribution is -0.122. The molecule has 1 atom stereocenters. The zero-order valence-electron chi connectivity index (χ0n) is 15.3. The molecular formula is C20H30N2O3. The summed E-state index contributed by atoms with van der Waals surface area (Å²) in [7, 11) is 0. The fourth-order valence-corrected chi connectivity index (χ4v) is 3.64. The van der Waals surface area contributed by atoms with Crippen LogP contribution in [0.1, 0.15) is 51.1 Å². The highest BCUT2D eigenvalue weighted by atomic mass is 16.6. The summed E-state index contributed by atoms with van der Waals surface area (Å²) in [6.45, 7) is 7.60. The van der Waals surface area contributed by atoms with Crippen LogP contribution < -0.4 is 20.1 Å².